The Kier molecular flexibility index (Phi) is 3.94. The first-order valence-electron chi connectivity index (χ1n) is 3.08. The Hall–Kier alpha value is -0.177. The average Bonchev–Trinajstić information content (AvgIpc) is 1.56. The van der Waals surface area contributed by atoms with E-state index in [0.717, 1.165) is 0 Å². The molecule has 0 saturated heterocycles. The number of aliphatic carboxylic acids is 2. The fraction of sp³-hybridized carbons (Fsp3) is 0.667. The summed E-state index contributed by atoms with van der Waals surface area (Å²) in [5.41, 5.74) is 0. The Balaban J connectivity index is 0.000001000. The first kappa shape index (κ1) is 10.8. The molecule has 1 aliphatic carbocycles. The second-order valence-corrected chi connectivity index (χ2v) is 2.47. The first-order valence-corrected chi connectivity index (χ1v) is 3.08. The monoisotopic (exact) mass is 356 g/mol. The summed E-state index contributed by atoms with van der Waals surface area (Å²) in [4.78, 5) is 20.5. The molecule has 0 aromatic carbocycles. The minimum absolute atomic E-state index is 0. The second kappa shape index (κ2) is 4.00. The van der Waals surface area contributed by atoms with E-state index in [9.17, 15) is 9.59 Å². The van der Waals surface area contributed by atoms with Gasteiger partial charge in [-0.3, -0.25) is 9.59 Å². The van der Waals surface area contributed by atoms with Crippen molar-refractivity contribution in [3.8, 4) is 0 Å². The summed E-state index contributed by atoms with van der Waals surface area (Å²) < 4.78 is 0. The molecule has 0 amide bonds. The third-order valence-electron chi connectivity index (χ3n) is 1.91. The fourth-order valence-electron chi connectivity index (χ4n) is 1.09. The van der Waals surface area contributed by atoms with Crippen LogP contribution < -0.4 is 0 Å². The Labute approximate surface area is 82.7 Å². The summed E-state index contributed by atoms with van der Waals surface area (Å²) in [7, 11) is 0. The van der Waals surface area contributed by atoms with Crippen LogP contribution in [-0.2, 0) is 9.59 Å². The number of hydrogen-bond acceptors (Lipinski definition) is 2. The second-order valence-electron chi connectivity index (χ2n) is 2.47. The van der Waals surface area contributed by atoms with Gasteiger partial charge in [-0.1, -0.05) is 0 Å². The van der Waals surface area contributed by atoms with E-state index in [1.54, 1.807) is 0 Å². The third-order valence-corrected chi connectivity index (χ3v) is 1.91. The van der Waals surface area contributed by atoms with Crippen molar-refractivity contribution in [2.75, 3.05) is 0 Å². The predicted molar refractivity (Wildman–Crippen MR) is 41.4 cm³/mol. The first-order chi connectivity index (χ1) is 4.63. The summed E-state index contributed by atoms with van der Waals surface area (Å²) in [5, 5.41) is 16.8. The molecule has 64 valence electrons. The molecule has 0 aromatic rings. The molecule has 0 aliphatic heterocycles. The number of carboxylic acids is 2. The summed E-state index contributed by atoms with van der Waals surface area (Å²) in [6.45, 7) is 0. The van der Waals surface area contributed by atoms with Crippen molar-refractivity contribution in [2.45, 2.75) is 12.8 Å². The SMILES string of the molecule is O=C(O)C1CCC1C(=O)O.[BiH3]. The van der Waals surface area contributed by atoms with Crippen LogP contribution in [0.3, 0.4) is 0 Å². The molecule has 1 aliphatic rings. The molecule has 1 saturated carbocycles. The van der Waals surface area contributed by atoms with E-state index in [1.807, 2.05) is 0 Å². The van der Waals surface area contributed by atoms with E-state index in [-0.39, 0.29) is 26.2 Å². The van der Waals surface area contributed by atoms with Gasteiger partial charge in [-0.05, 0) is 12.8 Å². The van der Waals surface area contributed by atoms with Gasteiger partial charge in [-0.2, -0.15) is 0 Å². The molecule has 0 bridgehead atoms. The molecule has 0 radical (unpaired) electrons. The zero-order chi connectivity index (χ0) is 7.72. The van der Waals surface area contributed by atoms with Crippen LogP contribution in [0.15, 0.2) is 0 Å². The standard InChI is InChI=1S/C6H8O4.Bi.3H/c7-5(8)3-1-2-4(3)6(9)10;;;;/h3-4H,1-2H2,(H,7,8)(H,9,10);;;;. The van der Waals surface area contributed by atoms with Gasteiger partial charge >= 0.3 is 38.1 Å². The van der Waals surface area contributed by atoms with Crippen molar-refractivity contribution in [1.82, 2.24) is 0 Å². The summed E-state index contributed by atoms with van der Waals surface area (Å²) >= 11 is 0. The van der Waals surface area contributed by atoms with Crippen molar-refractivity contribution >= 4 is 38.1 Å². The van der Waals surface area contributed by atoms with Crippen LogP contribution in [0.25, 0.3) is 0 Å². The van der Waals surface area contributed by atoms with Crippen LogP contribution in [0.4, 0.5) is 0 Å². The molecule has 0 heterocycles. The van der Waals surface area contributed by atoms with Crippen LogP contribution in [0, 0.1) is 11.8 Å². The van der Waals surface area contributed by atoms with Gasteiger partial charge in [0.05, 0.1) is 11.8 Å². The molecule has 5 heteroatoms. The topological polar surface area (TPSA) is 74.6 Å². The maximum absolute atomic E-state index is 10.2. The van der Waals surface area contributed by atoms with E-state index in [1.165, 1.54) is 0 Å². The molecule has 11 heavy (non-hydrogen) atoms. The number of carbonyl (C=O) groups is 2. The number of rotatable bonds is 2. The van der Waals surface area contributed by atoms with Gasteiger partial charge in [-0.25, -0.2) is 0 Å². The predicted octanol–water partition coefficient (Wildman–Crippen LogP) is -1.00. The van der Waals surface area contributed by atoms with Crippen molar-refractivity contribution in [1.29, 1.82) is 0 Å². The van der Waals surface area contributed by atoms with Gasteiger partial charge in [0, 0.05) is 0 Å². The van der Waals surface area contributed by atoms with E-state index >= 15 is 0 Å². The number of hydrogen-bond donors (Lipinski definition) is 2. The van der Waals surface area contributed by atoms with E-state index in [4.69, 9.17) is 10.2 Å². The van der Waals surface area contributed by atoms with Crippen molar-refractivity contribution < 1.29 is 19.8 Å². The summed E-state index contributed by atoms with van der Waals surface area (Å²) in [6.07, 6.45) is 1.01. The molecular weight excluding hydrogens is 345 g/mol. The third kappa shape index (κ3) is 2.12. The van der Waals surface area contributed by atoms with Crippen LogP contribution in [0.2, 0.25) is 0 Å². The fourth-order valence-corrected chi connectivity index (χ4v) is 1.09. The van der Waals surface area contributed by atoms with Crippen LogP contribution in [0.1, 0.15) is 12.8 Å². The molecular formula is C6H11BiO4. The van der Waals surface area contributed by atoms with Gasteiger partial charge in [0.15, 0.2) is 0 Å². The molecule has 4 nitrogen and oxygen atoms in total. The van der Waals surface area contributed by atoms with Gasteiger partial charge < -0.3 is 10.2 Å². The summed E-state index contributed by atoms with van der Waals surface area (Å²) in [5.74, 6) is -3.26. The molecule has 2 atom stereocenters. The zero-order valence-corrected chi connectivity index (χ0v) is 11.5. The average molecular weight is 356 g/mol. The van der Waals surface area contributed by atoms with Crippen molar-refractivity contribution in [3.63, 3.8) is 0 Å². The minimum atomic E-state index is -0.987. The molecule has 0 spiro atoms. The van der Waals surface area contributed by atoms with E-state index in [0.29, 0.717) is 12.8 Å². The van der Waals surface area contributed by atoms with Crippen molar-refractivity contribution in [2.24, 2.45) is 11.8 Å². The molecule has 1 fully saturated rings. The van der Waals surface area contributed by atoms with Gasteiger partial charge in [0.25, 0.3) is 0 Å². The van der Waals surface area contributed by atoms with Gasteiger partial charge in [0.1, 0.15) is 0 Å². The summed E-state index contributed by atoms with van der Waals surface area (Å²) in [6, 6.07) is 0. The Bertz CT molecular complexity index is 159. The number of carboxylic acid groups (broad SMARTS) is 2. The zero-order valence-electron chi connectivity index (χ0n) is 5.99. The van der Waals surface area contributed by atoms with Crippen molar-refractivity contribution in [3.05, 3.63) is 0 Å². The van der Waals surface area contributed by atoms with Gasteiger partial charge in [0.2, 0.25) is 0 Å². The van der Waals surface area contributed by atoms with Crippen LogP contribution in [0.5, 0.6) is 0 Å². The maximum atomic E-state index is 10.2. The van der Waals surface area contributed by atoms with E-state index in [2.05, 4.69) is 0 Å². The quantitative estimate of drug-likeness (QED) is 0.623. The van der Waals surface area contributed by atoms with Crippen LogP contribution in [-0.4, -0.2) is 48.4 Å². The molecule has 2 N–H and O–H groups in total. The van der Waals surface area contributed by atoms with E-state index < -0.39 is 23.8 Å². The molecule has 1 rings (SSSR count). The van der Waals surface area contributed by atoms with Gasteiger partial charge in [-0.15, -0.1) is 0 Å². The van der Waals surface area contributed by atoms with Crippen LogP contribution >= 0.6 is 0 Å². The normalized spacial score (nSPS) is 28.0. The Morgan fingerprint density at radius 3 is 1.36 bits per heavy atom. The molecule has 2 unspecified atom stereocenters. The molecule has 0 aromatic heterocycles. The Morgan fingerprint density at radius 1 is 1.00 bits per heavy atom. The Morgan fingerprint density at radius 2 is 1.27 bits per heavy atom.